The molecule has 0 saturated heterocycles. The van der Waals surface area contributed by atoms with Crippen LogP contribution in [0.1, 0.15) is 0 Å². The van der Waals surface area contributed by atoms with Crippen molar-refractivity contribution < 1.29 is 4.52 Å². The zero-order valence-corrected chi connectivity index (χ0v) is 7.93. The molecule has 0 spiro atoms. The molecule has 0 saturated carbocycles. The van der Waals surface area contributed by atoms with E-state index >= 15 is 0 Å². The van der Waals surface area contributed by atoms with Gasteiger partial charge in [0, 0.05) is 11.6 Å². The Bertz CT molecular complexity index is 412. The summed E-state index contributed by atoms with van der Waals surface area (Å²) in [5.74, 6) is 0.624. The zero-order valence-electron chi connectivity index (χ0n) is 6.42. The number of hydrogen-bond acceptors (Lipinski definition) is 2. The minimum atomic E-state index is 0.496. The fraction of sp³-hybridized carbons (Fsp3) is 0. The van der Waals surface area contributed by atoms with Crippen LogP contribution in [-0.2, 0) is 0 Å². The smallest absolute Gasteiger partial charge is 0.167 e. The summed E-state index contributed by atoms with van der Waals surface area (Å²) < 4.78 is 4.91. The van der Waals surface area contributed by atoms with Crippen LogP contribution in [0.3, 0.4) is 0 Å². The molecule has 2 rings (SSSR count). The van der Waals surface area contributed by atoms with E-state index in [0.29, 0.717) is 15.8 Å². The number of rotatable bonds is 1. The van der Waals surface area contributed by atoms with Crippen LogP contribution in [0, 0.1) is 6.20 Å². The van der Waals surface area contributed by atoms with Gasteiger partial charge in [0.05, 0.1) is 10.0 Å². The van der Waals surface area contributed by atoms with E-state index in [1.807, 2.05) is 6.07 Å². The minimum absolute atomic E-state index is 0.496. The maximum Gasteiger partial charge on any atom is 0.167 e. The van der Waals surface area contributed by atoms with E-state index in [4.69, 9.17) is 27.7 Å². The lowest BCUT2D eigenvalue weighted by Crippen LogP contribution is -1.74. The molecule has 0 unspecified atom stereocenters. The van der Waals surface area contributed by atoms with Crippen molar-refractivity contribution in [2.24, 2.45) is 0 Å². The van der Waals surface area contributed by atoms with Crippen LogP contribution in [0.2, 0.25) is 10.0 Å². The van der Waals surface area contributed by atoms with E-state index in [2.05, 4.69) is 11.4 Å². The maximum atomic E-state index is 5.83. The van der Waals surface area contributed by atoms with Gasteiger partial charge in [-0.05, 0) is 18.2 Å². The van der Waals surface area contributed by atoms with Crippen molar-refractivity contribution >= 4 is 23.2 Å². The highest BCUT2D eigenvalue weighted by Crippen LogP contribution is 2.27. The first-order valence-electron chi connectivity index (χ1n) is 3.55. The summed E-state index contributed by atoms with van der Waals surface area (Å²) >= 11 is 11.6. The fourth-order valence-corrected chi connectivity index (χ4v) is 1.27. The summed E-state index contributed by atoms with van der Waals surface area (Å²) in [6.45, 7) is 0. The van der Waals surface area contributed by atoms with E-state index in [1.54, 1.807) is 18.2 Å². The highest BCUT2D eigenvalue weighted by Gasteiger charge is 2.04. The van der Waals surface area contributed by atoms with Gasteiger partial charge in [-0.2, -0.15) is 0 Å². The van der Waals surface area contributed by atoms with E-state index in [-0.39, 0.29) is 0 Å². The highest BCUT2D eigenvalue weighted by molar-refractivity contribution is 6.42. The third-order valence-electron chi connectivity index (χ3n) is 1.60. The number of nitrogens with zero attached hydrogens (tertiary/aromatic N) is 1. The Balaban J connectivity index is 2.49. The molecule has 65 valence electrons. The lowest BCUT2D eigenvalue weighted by atomic mass is 10.2. The summed E-state index contributed by atoms with van der Waals surface area (Å²) in [6.07, 6.45) is 2.57. The van der Waals surface area contributed by atoms with Gasteiger partial charge >= 0.3 is 0 Å². The Morgan fingerprint density at radius 3 is 2.69 bits per heavy atom. The van der Waals surface area contributed by atoms with Gasteiger partial charge in [0.1, 0.15) is 6.20 Å². The molecule has 0 fully saturated rings. The van der Waals surface area contributed by atoms with Crippen LogP contribution >= 0.6 is 23.2 Å². The SMILES string of the molecule is Clc1ccc(-c2c[c]no2)cc1Cl. The van der Waals surface area contributed by atoms with Gasteiger partial charge in [0.15, 0.2) is 5.76 Å². The molecule has 0 amide bonds. The predicted octanol–water partition coefficient (Wildman–Crippen LogP) is 3.45. The van der Waals surface area contributed by atoms with Crippen LogP contribution in [-0.4, -0.2) is 5.16 Å². The van der Waals surface area contributed by atoms with Crippen molar-refractivity contribution in [3.63, 3.8) is 0 Å². The quantitative estimate of drug-likeness (QED) is 0.724. The van der Waals surface area contributed by atoms with E-state index in [9.17, 15) is 0 Å². The summed E-state index contributed by atoms with van der Waals surface area (Å²) in [6, 6.07) is 6.88. The Labute approximate surface area is 85.1 Å². The van der Waals surface area contributed by atoms with E-state index < -0.39 is 0 Å². The Hall–Kier alpha value is -0.990. The monoisotopic (exact) mass is 212 g/mol. The van der Waals surface area contributed by atoms with Gasteiger partial charge in [-0.3, -0.25) is 0 Å². The van der Waals surface area contributed by atoms with Gasteiger partial charge in [0.2, 0.25) is 0 Å². The van der Waals surface area contributed by atoms with Crippen molar-refractivity contribution in [1.82, 2.24) is 5.16 Å². The van der Waals surface area contributed by atoms with Crippen molar-refractivity contribution in [3.8, 4) is 11.3 Å². The molecule has 1 aromatic heterocycles. The number of benzene rings is 1. The molecule has 2 nitrogen and oxygen atoms in total. The van der Waals surface area contributed by atoms with E-state index in [1.165, 1.54) is 0 Å². The Kier molecular flexibility index (Phi) is 2.25. The van der Waals surface area contributed by atoms with Gasteiger partial charge < -0.3 is 4.52 Å². The minimum Gasteiger partial charge on any atom is -0.356 e. The second-order valence-electron chi connectivity index (χ2n) is 2.45. The first kappa shape index (κ1) is 8.60. The molecule has 0 atom stereocenters. The summed E-state index contributed by atoms with van der Waals surface area (Å²) in [4.78, 5) is 0. The standard InChI is InChI=1S/C9H4Cl2NO/c10-7-2-1-6(5-8(7)11)9-3-4-12-13-9/h1-3,5H. The number of hydrogen-bond donors (Lipinski definition) is 0. The van der Waals surface area contributed by atoms with Gasteiger partial charge in [-0.25, -0.2) is 0 Å². The average molecular weight is 213 g/mol. The van der Waals surface area contributed by atoms with Gasteiger partial charge in [-0.15, -0.1) is 0 Å². The highest BCUT2D eigenvalue weighted by atomic mass is 35.5. The third-order valence-corrected chi connectivity index (χ3v) is 2.34. The van der Waals surface area contributed by atoms with Crippen LogP contribution in [0.25, 0.3) is 11.3 Å². The average Bonchev–Trinajstić information content (AvgIpc) is 2.62. The fourth-order valence-electron chi connectivity index (χ4n) is 0.972. The van der Waals surface area contributed by atoms with Crippen molar-refractivity contribution in [2.45, 2.75) is 0 Å². The topological polar surface area (TPSA) is 26.0 Å². The maximum absolute atomic E-state index is 5.83. The largest absolute Gasteiger partial charge is 0.356 e. The Morgan fingerprint density at radius 2 is 2.08 bits per heavy atom. The normalized spacial score (nSPS) is 10.3. The molecule has 0 bridgehead atoms. The molecule has 4 heteroatoms. The van der Waals surface area contributed by atoms with Crippen LogP contribution in [0.5, 0.6) is 0 Å². The lowest BCUT2D eigenvalue weighted by Gasteiger charge is -1.97. The summed E-state index contributed by atoms with van der Waals surface area (Å²) in [5, 5.41) is 4.49. The van der Waals surface area contributed by atoms with Crippen molar-refractivity contribution in [1.29, 1.82) is 0 Å². The van der Waals surface area contributed by atoms with Crippen LogP contribution in [0.15, 0.2) is 28.8 Å². The molecule has 0 aliphatic heterocycles. The van der Waals surface area contributed by atoms with Gasteiger partial charge in [0.25, 0.3) is 0 Å². The van der Waals surface area contributed by atoms with Crippen LogP contribution in [0.4, 0.5) is 0 Å². The second kappa shape index (κ2) is 3.40. The van der Waals surface area contributed by atoms with Gasteiger partial charge in [-0.1, -0.05) is 28.4 Å². The summed E-state index contributed by atoms with van der Waals surface area (Å²) in [7, 11) is 0. The van der Waals surface area contributed by atoms with Crippen molar-refractivity contribution in [2.75, 3.05) is 0 Å². The molecule has 1 aromatic carbocycles. The van der Waals surface area contributed by atoms with Crippen LogP contribution < -0.4 is 0 Å². The van der Waals surface area contributed by atoms with E-state index in [0.717, 1.165) is 5.56 Å². The van der Waals surface area contributed by atoms with Crippen molar-refractivity contribution in [3.05, 3.63) is 40.5 Å². The second-order valence-corrected chi connectivity index (χ2v) is 3.26. The Morgan fingerprint density at radius 1 is 1.23 bits per heavy atom. The first-order valence-corrected chi connectivity index (χ1v) is 4.31. The zero-order chi connectivity index (χ0) is 9.26. The molecule has 0 N–H and O–H groups in total. The molecular formula is C9H4Cl2NO. The molecule has 0 aliphatic rings. The molecular weight excluding hydrogens is 209 g/mol. The first-order chi connectivity index (χ1) is 6.27. The number of halogens is 2. The predicted molar refractivity (Wildman–Crippen MR) is 50.8 cm³/mol. The molecule has 1 radical (unpaired) electrons. The lowest BCUT2D eigenvalue weighted by molar-refractivity contribution is 0.431. The summed E-state index contributed by atoms with van der Waals surface area (Å²) in [5.41, 5.74) is 0.836. The third kappa shape index (κ3) is 1.69. The molecule has 0 aliphatic carbocycles. The molecule has 2 aromatic rings. The molecule has 1 heterocycles. The number of aromatic nitrogens is 1. The molecule has 13 heavy (non-hydrogen) atoms.